The molecule has 0 aliphatic heterocycles. The molecule has 5 nitrogen and oxygen atoms in total. The molecule has 0 atom stereocenters. The fraction of sp³-hybridized carbons (Fsp3) is 0.571. The van der Waals surface area contributed by atoms with Crippen molar-refractivity contribution >= 4 is 11.4 Å². The molecule has 0 bridgehead atoms. The van der Waals surface area contributed by atoms with Gasteiger partial charge < -0.3 is 10.5 Å². The second-order valence-corrected chi connectivity index (χ2v) is 5.07. The summed E-state index contributed by atoms with van der Waals surface area (Å²) in [6.07, 6.45) is 7.60. The van der Waals surface area contributed by atoms with Gasteiger partial charge in [0.15, 0.2) is 0 Å². The molecule has 1 aromatic carbocycles. The fourth-order valence-corrected chi connectivity index (χ4v) is 2.48. The normalized spacial score (nSPS) is 17.1. The Kier molecular flexibility index (Phi) is 4.74. The smallest absolute Gasteiger partial charge is 0.292 e. The average molecular weight is 264 g/mol. The maximum atomic E-state index is 10.7. The van der Waals surface area contributed by atoms with Crippen LogP contribution in [-0.4, -0.2) is 11.0 Å². The van der Waals surface area contributed by atoms with Gasteiger partial charge in [-0.25, -0.2) is 0 Å². The van der Waals surface area contributed by atoms with Crippen LogP contribution in [0.3, 0.4) is 0 Å². The van der Waals surface area contributed by atoms with E-state index in [4.69, 9.17) is 10.5 Å². The van der Waals surface area contributed by atoms with Crippen molar-refractivity contribution < 1.29 is 9.66 Å². The van der Waals surface area contributed by atoms with Crippen LogP contribution in [0.5, 0.6) is 0 Å². The van der Waals surface area contributed by atoms with Gasteiger partial charge in [0.05, 0.1) is 17.6 Å². The highest BCUT2D eigenvalue weighted by molar-refractivity contribution is 5.59. The molecule has 0 saturated heterocycles. The van der Waals surface area contributed by atoms with Crippen molar-refractivity contribution in [3.05, 3.63) is 33.9 Å². The molecule has 19 heavy (non-hydrogen) atoms. The second kappa shape index (κ2) is 6.52. The summed E-state index contributed by atoms with van der Waals surface area (Å²) in [7, 11) is 0. The predicted octanol–water partition coefficient (Wildman–Crippen LogP) is 3.42. The molecule has 2 rings (SSSR count). The Labute approximate surface area is 112 Å². The van der Waals surface area contributed by atoms with E-state index in [-0.39, 0.29) is 11.4 Å². The molecule has 0 heterocycles. The number of nitrogen functional groups attached to an aromatic ring is 1. The molecule has 0 spiro atoms. The first-order chi connectivity index (χ1) is 9.16. The molecule has 104 valence electrons. The number of nitrogens with zero attached hydrogens (tertiary/aromatic N) is 1. The van der Waals surface area contributed by atoms with Gasteiger partial charge in [0.25, 0.3) is 5.69 Å². The topological polar surface area (TPSA) is 78.4 Å². The predicted molar refractivity (Wildman–Crippen MR) is 73.8 cm³/mol. The van der Waals surface area contributed by atoms with Gasteiger partial charge in [0.2, 0.25) is 0 Å². The Balaban J connectivity index is 1.92. The number of benzene rings is 1. The van der Waals surface area contributed by atoms with Crippen LogP contribution in [0.15, 0.2) is 18.2 Å². The summed E-state index contributed by atoms with van der Waals surface area (Å²) in [4.78, 5) is 10.2. The molecular weight excluding hydrogens is 244 g/mol. The van der Waals surface area contributed by atoms with E-state index >= 15 is 0 Å². The minimum Gasteiger partial charge on any atom is -0.393 e. The standard InChI is InChI=1S/C14H20N2O3/c15-13-9-11(7-8-14(13)16(17)18)10-19-12-5-3-1-2-4-6-12/h7-9,12H,1-6,10,15H2. The van der Waals surface area contributed by atoms with Crippen molar-refractivity contribution in [3.8, 4) is 0 Å². The van der Waals surface area contributed by atoms with Gasteiger partial charge in [-0.2, -0.15) is 0 Å². The fourth-order valence-electron chi connectivity index (χ4n) is 2.48. The molecule has 1 aliphatic carbocycles. The van der Waals surface area contributed by atoms with Crippen LogP contribution < -0.4 is 5.73 Å². The van der Waals surface area contributed by atoms with Crippen LogP contribution in [0, 0.1) is 10.1 Å². The highest BCUT2D eigenvalue weighted by Gasteiger charge is 2.14. The number of nitro benzene ring substituents is 1. The largest absolute Gasteiger partial charge is 0.393 e. The molecule has 5 heteroatoms. The van der Waals surface area contributed by atoms with Crippen molar-refractivity contribution in [2.45, 2.75) is 51.2 Å². The van der Waals surface area contributed by atoms with Gasteiger partial charge in [-0.3, -0.25) is 10.1 Å². The van der Waals surface area contributed by atoms with E-state index in [1.54, 1.807) is 12.1 Å². The summed E-state index contributed by atoms with van der Waals surface area (Å²) in [5, 5.41) is 10.7. The Hall–Kier alpha value is -1.62. The van der Waals surface area contributed by atoms with Crippen molar-refractivity contribution in [2.24, 2.45) is 0 Å². The second-order valence-electron chi connectivity index (χ2n) is 5.07. The van der Waals surface area contributed by atoms with E-state index in [0.717, 1.165) is 18.4 Å². The summed E-state index contributed by atoms with van der Waals surface area (Å²) in [6.45, 7) is 0.479. The third-order valence-corrected chi connectivity index (χ3v) is 3.58. The maximum absolute atomic E-state index is 10.7. The Morgan fingerprint density at radius 2 is 1.95 bits per heavy atom. The Bertz CT molecular complexity index is 440. The minimum atomic E-state index is -0.467. The summed E-state index contributed by atoms with van der Waals surface area (Å²) >= 11 is 0. The van der Waals surface area contributed by atoms with Crippen molar-refractivity contribution in [1.82, 2.24) is 0 Å². The number of anilines is 1. The number of hydrogen-bond acceptors (Lipinski definition) is 4. The number of ether oxygens (including phenoxy) is 1. The summed E-state index contributed by atoms with van der Waals surface area (Å²) in [6, 6.07) is 4.79. The lowest BCUT2D eigenvalue weighted by atomic mass is 10.1. The molecule has 0 radical (unpaired) electrons. The summed E-state index contributed by atoms with van der Waals surface area (Å²) in [5.74, 6) is 0. The zero-order chi connectivity index (χ0) is 13.7. The average Bonchev–Trinajstić information content (AvgIpc) is 2.64. The van der Waals surface area contributed by atoms with Crippen molar-refractivity contribution in [1.29, 1.82) is 0 Å². The monoisotopic (exact) mass is 264 g/mol. The first kappa shape index (κ1) is 13.8. The molecule has 0 unspecified atom stereocenters. The molecule has 1 aliphatic rings. The first-order valence-electron chi connectivity index (χ1n) is 6.81. The Morgan fingerprint density at radius 1 is 1.26 bits per heavy atom. The minimum absolute atomic E-state index is 0.0433. The maximum Gasteiger partial charge on any atom is 0.292 e. The van der Waals surface area contributed by atoms with Crippen molar-refractivity contribution in [3.63, 3.8) is 0 Å². The number of rotatable bonds is 4. The van der Waals surface area contributed by atoms with E-state index in [1.165, 1.54) is 31.7 Å². The molecule has 0 aromatic heterocycles. The zero-order valence-corrected chi connectivity index (χ0v) is 11.0. The lowest BCUT2D eigenvalue weighted by molar-refractivity contribution is -0.383. The van der Waals surface area contributed by atoms with Crippen LogP contribution in [0.4, 0.5) is 11.4 Å². The third kappa shape index (κ3) is 3.92. The molecule has 1 fully saturated rings. The van der Waals surface area contributed by atoms with Crippen LogP contribution in [0.1, 0.15) is 44.1 Å². The highest BCUT2D eigenvalue weighted by Crippen LogP contribution is 2.24. The number of hydrogen-bond donors (Lipinski definition) is 1. The molecule has 2 N–H and O–H groups in total. The number of nitro groups is 1. The van der Waals surface area contributed by atoms with Gasteiger partial charge >= 0.3 is 0 Å². The van der Waals surface area contributed by atoms with Crippen LogP contribution in [-0.2, 0) is 11.3 Å². The van der Waals surface area contributed by atoms with Gasteiger partial charge in [0, 0.05) is 6.07 Å². The summed E-state index contributed by atoms with van der Waals surface area (Å²) in [5.41, 5.74) is 6.71. The SMILES string of the molecule is Nc1cc(COC2CCCCCC2)ccc1[N+](=O)[O-]. The van der Waals surface area contributed by atoms with Gasteiger partial charge in [-0.1, -0.05) is 25.7 Å². The van der Waals surface area contributed by atoms with E-state index in [2.05, 4.69) is 0 Å². The lowest BCUT2D eigenvalue weighted by Crippen LogP contribution is -2.11. The van der Waals surface area contributed by atoms with E-state index in [1.807, 2.05) is 0 Å². The third-order valence-electron chi connectivity index (χ3n) is 3.58. The van der Waals surface area contributed by atoms with Crippen LogP contribution in [0.2, 0.25) is 0 Å². The van der Waals surface area contributed by atoms with Gasteiger partial charge in [-0.05, 0) is 30.5 Å². The lowest BCUT2D eigenvalue weighted by Gasteiger charge is -2.15. The summed E-state index contributed by atoms with van der Waals surface area (Å²) < 4.78 is 5.88. The van der Waals surface area contributed by atoms with Crippen molar-refractivity contribution in [2.75, 3.05) is 5.73 Å². The van der Waals surface area contributed by atoms with Gasteiger partial charge in [-0.15, -0.1) is 0 Å². The first-order valence-corrected chi connectivity index (χ1v) is 6.81. The van der Waals surface area contributed by atoms with Gasteiger partial charge in [0.1, 0.15) is 5.69 Å². The van der Waals surface area contributed by atoms with E-state index in [0.29, 0.717) is 12.7 Å². The molecule has 0 amide bonds. The molecule has 1 saturated carbocycles. The van der Waals surface area contributed by atoms with Crippen LogP contribution >= 0.6 is 0 Å². The molecule has 1 aromatic rings. The van der Waals surface area contributed by atoms with E-state index < -0.39 is 4.92 Å². The van der Waals surface area contributed by atoms with E-state index in [9.17, 15) is 10.1 Å². The molecular formula is C14H20N2O3. The number of nitrogens with two attached hydrogens (primary N) is 1. The zero-order valence-electron chi connectivity index (χ0n) is 11.0. The highest BCUT2D eigenvalue weighted by atomic mass is 16.6. The quantitative estimate of drug-likeness (QED) is 0.391. The Morgan fingerprint density at radius 3 is 2.53 bits per heavy atom. The van der Waals surface area contributed by atoms with Crippen LogP contribution in [0.25, 0.3) is 0 Å².